The lowest BCUT2D eigenvalue weighted by molar-refractivity contribution is 0.571. The molecule has 1 atom stereocenters. The fourth-order valence-electron chi connectivity index (χ4n) is 2.87. The Balaban J connectivity index is 1.97. The van der Waals surface area contributed by atoms with Gasteiger partial charge in [-0.25, -0.2) is 8.42 Å². The van der Waals surface area contributed by atoms with Crippen LogP contribution in [0.4, 0.5) is 0 Å². The van der Waals surface area contributed by atoms with Crippen molar-refractivity contribution in [1.82, 2.24) is 4.72 Å². The monoisotopic (exact) mass is 313 g/mol. The summed E-state index contributed by atoms with van der Waals surface area (Å²) in [7, 11) is -3.54. The number of benzene rings is 2. The van der Waals surface area contributed by atoms with Crippen LogP contribution in [-0.2, 0) is 10.0 Å². The quantitative estimate of drug-likeness (QED) is 0.938. The van der Waals surface area contributed by atoms with E-state index in [1.807, 2.05) is 57.2 Å². The maximum atomic E-state index is 12.6. The molecule has 0 fully saturated rings. The van der Waals surface area contributed by atoms with Crippen LogP contribution in [0.25, 0.3) is 6.08 Å². The van der Waals surface area contributed by atoms with Gasteiger partial charge >= 0.3 is 0 Å². The van der Waals surface area contributed by atoms with E-state index in [4.69, 9.17) is 0 Å². The Morgan fingerprint density at radius 1 is 0.955 bits per heavy atom. The van der Waals surface area contributed by atoms with Gasteiger partial charge in [0, 0.05) is 0 Å². The van der Waals surface area contributed by atoms with Gasteiger partial charge in [-0.15, -0.1) is 0 Å². The van der Waals surface area contributed by atoms with Gasteiger partial charge in [-0.05, 0) is 49.6 Å². The molecule has 1 aliphatic carbocycles. The van der Waals surface area contributed by atoms with Crippen molar-refractivity contribution < 1.29 is 8.42 Å². The lowest BCUT2D eigenvalue weighted by atomic mass is 10.00. The van der Waals surface area contributed by atoms with Crippen LogP contribution in [0.2, 0.25) is 0 Å². The first-order valence-electron chi connectivity index (χ1n) is 7.25. The maximum absolute atomic E-state index is 12.6. The third kappa shape index (κ3) is 2.60. The van der Waals surface area contributed by atoms with Crippen LogP contribution < -0.4 is 4.72 Å². The standard InChI is InChI=1S/C18H19NO2S/c1-12-7-9-16(10-8-12)22(20,21)19-18-14(3)11-15-6-4-5-13(2)17(15)18/h4-11,18-19H,1-3H3/t18-/m0/s1. The minimum atomic E-state index is -3.54. The van der Waals surface area contributed by atoms with Crippen molar-refractivity contribution in [3.63, 3.8) is 0 Å². The molecular formula is C18H19NO2S. The molecule has 2 aromatic carbocycles. The van der Waals surface area contributed by atoms with Crippen molar-refractivity contribution in [3.8, 4) is 0 Å². The number of hydrogen-bond donors (Lipinski definition) is 1. The van der Waals surface area contributed by atoms with Gasteiger partial charge < -0.3 is 0 Å². The fourth-order valence-corrected chi connectivity index (χ4v) is 4.12. The Bertz CT molecular complexity index is 849. The molecule has 0 aliphatic heterocycles. The fraction of sp³-hybridized carbons (Fsp3) is 0.222. The van der Waals surface area contributed by atoms with E-state index in [0.717, 1.165) is 27.8 Å². The molecule has 0 bridgehead atoms. The van der Waals surface area contributed by atoms with Gasteiger partial charge in [0.2, 0.25) is 10.0 Å². The van der Waals surface area contributed by atoms with E-state index in [1.54, 1.807) is 12.1 Å². The molecule has 114 valence electrons. The third-order valence-corrected chi connectivity index (χ3v) is 5.53. The topological polar surface area (TPSA) is 46.2 Å². The van der Waals surface area contributed by atoms with Crippen molar-refractivity contribution in [2.75, 3.05) is 0 Å². The van der Waals surface area contributed by atoms with E-state index in [2.05, 4.69) is 4.72 Å². The molecule has 0 amide bonds. The second-order valence-electron chi connectivity index (χ2n) is 5.83. The first-order valence-corrected chi connectivity index (χ1v) is 8.73. The zero-order valence-corrected chi connectivity index (χ0v) is 13.7. The molecule has 22 heavy (non-hydrogen) atoms. The Morgan fingerprint density at radius 2 is 1.64 bits per heavy atom. The van der Waals surface area contributed by atoms with Gasteiger partial charge in [0.1, 0.15) is 0 Å². The van der Waals surface area contributed by atoms with Crippen molar-refractivity contribution in [1.29, 1.82) is 0 Å². The number of nitrogens with one attached hydrogen (secondary N) is 1. The first-order chi connectivity index (χ1) is 10.4. The predicted octanol–water partition coefficient (Wildman–Crippen LogP) is 3.74. The van der Waals surface area contributed by atoms with Gasteiger partial charge in [-0.3, -0.25) is 0 Å². The van der Waals surface area contributed by atoms with E-state index in [9.17, 15) is 8.42 Å². The number of fused-ring (bicyclic) bond motifs is 1. The molecule has 3 nitrogen and oxygen atoms in total. The van der Waals surface area contributed by atoms with Gasteiger partial charge in [-0.1, -0.05) is 47.5 Å². The average molecular weight is 313 g/mol. The van der Waals surface area contributed by atoms with Crippen LogP contribution >= 0.6 is 0 Å². The highest BCUT2D eigenvalue weighted by Gasteiger charge is 2.28. The maximum Gasteiger partial charge on any atom is 0.241 e. The average Bonchev–Trinajstić information content (AvgIpc) is 2.76. The summed E-state index contributed by atoms with van der Waals surface area (Å²) in [6.07, 6.45) is 2.05. The molecule has 3 rings (SSSR count). The second-order valence-corrected chi connectivity index (χ2v) is 7.55. The normalized spacial score (nSPS) is 17.2. The first kappa shape index (κ1) is 15.0. The van der Waals surface area contributed by atoms with Crippen molar-refractivity contribution in [2.24, 2.45) is 0 Å². The summed E-state index contributed by atoms with van der Waals surface area (Å²) in [5.41, 5.74) is 5.30. The zero-order chi connectivity index (χ0) is 15.9. The summed E-state index contributed by atoms with van der Waals surface area (Å²) in [6.45, 7) is 5.91. The summed E-state index contributed by atoms with van der Waals surface area (Å²) < 4.78 is 28.1. The highest BCUT2D eigenvalue weighted by molar-refractivity contribution is 7.89. The molecule has 1 N–H and O–H groups in total. The minimum absolute atomic E-state index is 0.289. The van der Waals surface area contributed by atoms with Crippen molar-refractivity contribution >= 4 is 16.1 Å². The number of aryl methyl sites for hydroxylation is 2. The smallest absolute Gasteiger partial charge is 0.207 e. The van der Waals surface area contributed by atoms with Crippen molar-refractivity contribution in [3.05, 3.63) is 70.3 Å². The summed E-state index contributed by atoms with van der Waals surface area (Å²) in [5, 5.41) is 0. The Labute approximate surface area is 131 Å². The highest BCUT2D eigenvalue weighted by Crippen LogP contribution is 2.37. The van der Waals surface area contributed by atoms with E-state index >= 15 is 0 Å². The molecule has 1 aliphatic rings. The van der Waals surface area contributed by atoms with Gasteiger partial charge in [0.25, 0.3) is 0 Å². The molecule has 0 aromatic heterocycles. The van der Waals surface area contributed by atoms with E-state index in [0.29, 0.717) is 4.90 Å². The van der Waals surface area contributed by atoms with Crippen LogP contribution in [0.5, 0.6) is 0 Å². The summed E-state index contributed by atoms with van der Waals surface area (Å²) in [5.74, 6) is 0. The Kier molecular flexibility index (Phi) is 3.67. The van der Waals surface area contributed by atoms with E-state index in [-0.39, 0.29) is 6.04 Å². The SMILES string of the molecule is CC1=Cc2cccc(C)c2[C@H]1NS(=O)(=O)c1ccc(C)cc1. The number of hydrogen-bond acceptors (Lipinski definition) is 2. The van der Waals surface area contributed by atoms with Crippen LogP contribution in [-0.4, -0.2) is 8.42 Å². The van der Waals surface area contributed by atoms with Crippen LogP contribution in [0.15, 0.2) is 52.9 Å². The molecule has 4 heteroatoms. The third-order valence-electron chi connectivity index (χ3n) is 4.09. The number of rotatable bonds is 3. The molecule has 0 saturated carbocycles. The summed E-state index contributed by atoms with van der Waals surface area (Å²) in [6, 6.07) is 12.6. The zero-order valence-electron chi connectivity index (χ0n) is 12.9. The molecule has 0 spiro atoms. The molecule has 0 radical (unpaired) electrons. The van der Waals surface area contributed by atoms with Crippen molar-refractivity contribution in [2.45, 2.75) is 31.7 Å². The van der Waals surface area contributed by atoms with E-state index in [1.165, 1.54) is 0 Å². The highest BCUT2D eigenvalue weighted by atomic mass is 32.2. The second kappa shape index (κ2) is 5.38. The Morgan fingerprint density at radius 3 is 2.32 bits per heavy atom. The van der Waals surface area contributed by atoms with Gasteiger partial charge in [0.05, 0.1) is 10.9 Å². The minimum Gasteiger partial charge on any atom is -0.207 e. The van der Waals surface area contributed by atoms with Crippen LogP contribution in [0, 0.1) is 13.8 Å². The molecule has 0 unspecified atom stereocenters. The number of sulfonamides is 1. The molecule has 0 saturated heterocycles. The summed E-state index contributed by atoms with van der Waals surface area (Å²) in [4.78, 5) is 0.299. The van der Waals surface area contributed by atoms with Gasteiger partial charge in [-0.2, -0.15) is 4.72 Å². The van der Waals surface area contributed by atoms with Crippen LogP contribution in [0.3, 0.4) is 0 Å². The lowest BCUT2D eigenvalue weighted by Gasteiger charge is -2.18. The predicted molar refractivity (Wildman–Crippen MR) is 89.1 cm³/mol. The largest absolute Gasteiger partial charge is 0.241 e. The molecule has 0 heterocycles. The van der Waals surface area contributed by atoms with Gasteiger partial charge in [0.15, 0.2) is 0 Å². The molecule has 2 aromatic rings. The lowest BCUT2D eigenvalue weighted by Crippen LogP contribution is -2.28. The van der Waals surface area contributed by atoms with Crippen LogP contribution in [0.1, 0.15) is 35.2 Å². The summed E-state index contributed by atoms with van der Waals surface area (Å²) >= 11 is 0. The molecular weight excluding hydrogens is 294 g/mol. The Hall–Kier alpha value is -1.91. The van der Waals surface area contributed by atoms with E-state index < -0.39 is 10.0 Å².